The smallest absolute Gasteiger partial charge is 0.229 e. The maximum atomic E-state index is 11.7. The van der Waals surface area contributed by atoms with Crippen molar-refractivity contribution < 1.29 is 4.79 Å². The summed E-state index contributed by atoms with van der Waals surface area (Å²) in [4.78, 5) is 11.9. The number of amides is 1. The lowest BCUT2D eigenvalue weighted by Gasteiger charge is -2.29. The lowest BCUT2D eigenvalue weighted by molar-refractivity contribution is -0.122. The Bertz CT molecular complexity index is 268. The van der Waals surface area contributed by atoms with Crippen LogP contribution in [0.4, 0.5) is 0 Å². The molecular formula is C12H22N2OS. The molecule has 3 atom stereocenters. The molecular weight excluding hydrogens is 220 g/mol. The van der Waals surface area contributed by atoms with Crippen LogP contribution in [0.1, 0.15) is 39.5 Å². The van der Waals surface area contributed by atoms with Crippen LogP contribution in [0.25, 0.3) is 0 Å². The van der Waals surface area contributed by atoms with Crippen molar-refractivity contribution in [1.82, 2.24) is 5.32 Å². The maximum absolute atomic E-state index is 11.7. The SMILES string of the molecule is CC(C(=O)NCC1CCCCC1C)C(N)=S. The van der Waals surface area contributed by atoms with E-state index in [0.29, 0.717) is 11.8 Å². The van der Waals surface area contributed by atoms with E-state index in [0.717, 1.165) is 6.54 Å². The van der Waals surface area contributed by atoms with Gasteiger partial charge < -0.3 is 11.1 Å². The Hall–Kier alpha value is -0.640. The monoisotopic (exact) mass is 242 g/mol. The van der Waals surface area contributed by atoms with Crippen molar-refractivity contribution in [2.45, 2.75) is 39.5 Å². The Morgan fingerprint density at radius 2 is 2.12 bits per heavy atom. The van der Waals surface area contributed by atoms with Crippen molar-refractivity contribution >= 4 is 23.1 Å². The Balaban J connectivity index is 2.33. The van der Waals surface area contributed by atoms with Gasteiger partial charge in [0, 0.05) is 6.54 Å². The molecule has 3 unspecified atom stereocenters. The highest BCUT2D eigenvalue weighted by Crippen LogP contribution is 2.28. The Morgan fingerprint density at radius 1 is 1.50 bits per heavy atom. The molecule has 0 aliphatic heterocycles. The van der Waals surface area contributed by atoms with E-state index in [1.807, 2.05) is 0 Å². The molecule has 0 aromatic carbocycles. The van der Waals surface area contributed by atoms with Gasteiger partial charge in [0.25, 0.3) is 0 Å². The van der Waals surface area contributed by atoms with Crippen LogP contribution in [0, 0.1) is 17.8 Å². The van der Waals surface area contributed by atoms with Crippen LogP contribution in [-0.4, -0.2) is 17.4 Å². The highest BCUT2D eigenvalue weighted by atomic mass is 32.1. The van der Waals surface area contributed by atoms with Crippen LogP contribution in [0.2, 0.25) is 0 Å². The van der Waals surface area contributed by atoms with E-state index in [1.165, 1.54) is 25.7 Å². The molecule has 4 heteroatoms. The highest BCUT2D eigenvalue weighted by Gasteiger charge is 2.23. The molecule has 0 aromatic rings. The zero-order valence-corrected chi connectivity index (χ0v) is 11.0. The van der Waals surface area contributed by atoms with Crippen LogP contribution in [0.15, 0.2) is 0 Å². The van der Waals surface area contributed by atoms with Crippen LogP contribution in [0.3, 0.4) is 0 Å². The first-order valence-corrected chi connectivity index (χ1v) is 6.50. The summed E-state index contributed by atoms with van der Waals surface area (Å²) >= 11 is 4.81. The number of carbonyl (C=O) groups is 1. The second-order valence-corrected chi connectivity index (χ2v) is 5.36. The third-order valence-electron chi connectivity index (χ3n) is 3.65. The molecule has 1 aliphatic rings. The normalized spacial score (nSPS) is 27.1. The molecule has 0 radical (unpaired) electrons. The molecule has 3 nitrogen and oxygen atoms in total. The van der Waals surface area contributed by atoms with E-state index in [9.17, 15) is 4.79 Å². The number of hydrogen-bond donors (Lipinski definition) is 2. The largest absolute Gasteiger partial charge is 0.393 e. The topological polar surface area (TPSA) is 55.1 Å². The van der Waals surface area contributed by atoms with Gasteiger partial charge in [-0.15, -0.1) is 0 Å². The van der Waals surface area contributed by atoms with Gasteiger partial charge in [-0.05, 0) is 25.2 Å². The molecule has 1 saturated carbocycles. The quantitative estimate of drug-likeness (QED) is 0.740. The van der Waals surface area contributed by atoms with E-state index in [4.69, 9.17) is 18.0 Å². The molecule has 16 heavy (non-hydrogen) atoms. The average Bonchev–Trinajstić information content (AvgIpc) is 2.26. The predicted molar refractivity (Wildman–Crippen MR) is 70.1 cm³/mol. The van der Waals surface area contributed by atoms with Gasteiger partial charge in [-0.3, -0.25) is 4.79 Å². The minimum absolute atomic E-state index is 0.0368. The van der Waals surface area contributed by atoms with Crippen molar-refractivity contribution in [1.29, 1.82) is 0 Å². The minimum atomic E-state index is -0.353. The average molecular weight is 242 g/mol. The Labute approximate surface area is 103 Å². The second kappa shape index (κ2) is 6.18. The van der Waals surface area contributed by atoms with Gasteiger partial charge in [0.15, 0.2) is 0 Å². The summed E-state index contributed by atoms with van der Waals surface area (Å²) in [7, 11) is 0. The van der Waals surface area contributed by atoms with Gasteiger partial charge in [-0.2, -0.15) is 0 Å². The zero-order chi connectivity index (χ0) is 12.1. The van der Waals surface area contributed by atoms with Crippen molar-refractivity contribution in [3.8, 4) is 0 Å². The molecule has 0 heterocycles. The lowest BCUT2D eigenvalue weighted by Crippen LogP contribution is -2.40. The second-order valence-electron chi connectivity index (χ2n) is 4.89. The number of nitrogens with two attached hydrogens (primary N) is 1. The molecule has 1 rings (SSSR count). The van der Waals surface area contributed by atoms with Gasteiger partial charge >= 0.3 is 0 Å². The molecule has 0 saturated heterocycles. The summed E-state index contributed by atoms with van der Waals surface area (Å²) in [5.74, 6) is 0.949. The molecule has 0 spiro atoms. The molecule has 92 valence electrons. The Kier molecular flexibility index (Phi) is 5.19. The van der Waals surface area contributed by atoms with Gasteiger partial charge in [-0.1, -0.05) is 38.4 Å². The molecule has 1 amide bonds. The highest BCUT2D eigenvalue weighted by molar-refractivity contribution is 7.80. The number of nitrogens with one attached hydrogen (secondary N) is 1. The Morgan fingerprint density at radius 3 is 2.69 bits per heavy atom. The van der Waals surface area contributed by atoms with Gasteiger partial charge in [0.1, 0.15) is 0 Å². The van der Waals surface area contributed by atoms with Crippen LogP contribution < -0.4 is 11.1 Å². The number of hydrogen-bond acceptors (Lipinski definition) is 2. The molecule has 0 bridgehead atoms. The molecule has 3 N–H and O–H groups in total. The fraction of sp³-hybridized carbons (Fsp3) is 0.833. The van der Waals surface area contributed by atoms with Crippen LogP contribution >= 0.6 is 12.2 Å². The third-order valence-corrected chi connectivity index (χ3v) is 4.00. The first kappa shape index (κ1) is 13.4. The molecule has 1 aliphatic carbocycles. The minimum Gasteiger partial charge on any atom is -0.393 e. The first-order chi connectivity index (χ1) is 7.52. The van der Waals surface area contributed by atoms with E-state index in [2.05, 4.69) is 12.2 Å². The van der Waals surface area contributed by atoms with E-state index < -0.39 is 0 Å². The fourth-order valence-corrected chi connectivity index (χ4v) is 2.32. The summed E-state index contributed by atoms with van der Waals surface area (Å²) in [6.45, 7) is 4.79. The molecule has 0 aromatic heterocycles. The van der Waals surface area contributed by atoms with E-state index in [1.54, 1.807) is 6.92 Å². The van der Waals surface area contributed by atoms with E-state index >= 15 is 0 Å². The van der Waals surface area contributed by atoms with Crippen molar-refractivity contribution in [3.05, 3.63) is 0 Å². The number of rotatable bonds is 4. The summed E-state index contributed by atoms with van der Waals surface area (Å²) in [6, 6.07) is 0. The lowest BCUT2D eigenvalue weighted by atomic mass is 9.80. The number of carbonyl (C=O) groups excluding carboxylic acids is 1. The fourth-order valence-electron chi connectivity index (χ4n) is 2.21. The summed E-state index contributed by atoms with van der Waals surface area (Å²) in [5.41, 5.74) is 5.44. The summed E-state index contributed by atoms with van der Waals surface area (Å²) < 4.78 is 0. The third kappa shape index (κ3) is 3.74. The van der Waals surface area contributed by atoms with Crippen molar-refractivity contribution in [3.63, 3.8) is 0 Å². The van der Waals surface area contributed by atoms with Gasteiger partial charge in [0.2, 0.25) is 5.91 Å². The number of thiocarbonyl (C=S) groups is 1. The van der Waals surface area contributed by atoms with Crippen LogP contribution in [0.5, 0.6) is 0 Å². The van der Waals surface area contributed by atoms with Crippen LogP contribution in [-0.2, 0) is 4.79 Å². The standard InChI is InChI=1S/C12H22N2OS/c1-8-5-3-4-6-10(8)7-14-12(15)9(2)11(13)16/h8-10H,3-7H2,1-2H3,(H2,13,16)(H,14,15). The first-order valence-electron chi connectivity index (χ1n) is 6.09. The van der Waals surface area contributed by atoms with E-state index in [-0.39, 0.29) is 16.8 Å². The maximum Gasteiger partial charge on any atom is 0.229 e. The molecule has 1 fully saturated rings. The summed E-state index contributed by atoms with van der Waals surface area (Å²) in [6.07, 6.45) is 5.12. The van der Waals surface area contributed by atoms with Crippen molar-refractivity contribution in [2.75, 3.05) is 6.54 Å². The van der Waals surface area contributed by atoms with Gasteiger partial charge in [0.05, 0.1) is 10.9 Å². The zero-order valence-electron chi connectivity index (χ0n) is 10.2. The summed E-state index contributed by atoms with van der Waals surface area (Å²) in [5, 5.41) is 2.96. The predicted octanol–water partition coefficient (Wildman–Crippen LogP) is 1.85. The van der Waals surface area contributed by atoms with Crippen molar-refractivity contribution in [2.24, 2.45) is 23.5 Å². The van der Waals surface area contributed by atoms with Gasteiger partial charge in [-0.25, -0.2) is 0 Å².